The fraction of sp³-hybridized carbons (Fsp3) is 0.250. The maximum atomic E-state index is 12.4. The van der Waals surface area contributed by atoms with Gasteiger partial charge in [0.1, 0.15) is 18.1 Å². The molecule has 0 saturated carbocycles. The van der Waals surface area contributed by atoms with Crippen molar-refractivity contribution < 1.29 is 14.3 Å². The number of ether oxygens (including phenoxy) is 1. The van der Waals surface area contributed by atoms with Crippen molar-refractivity contribution in [2.24, 2.45) is 0 Å². The second kappa shape index (κ2) is 7.11. The number of para-hydroxylation sites is 4. The van der Waals surface area contributed by atoms with Crippen molar-refractivity contribution in [3.05, 3.63) is 54.4 Å². The molecule has 0 bridgehead atoms. The quantitative estimate of drug-likeness (QED) is 0.750. The number of hydrogen-bond acceptors (Lipinski definition) is 4. The molecule has 138 valence electrons. The number of amides is 2. The number of imidazole rings is 1. The zero-order valence-electron chi connectivity index (χ0n) is 15.0. The van der Waals surface area contributed by atoms with Crippen molar-refractivity contribution in [2.75, 3.05) is 24.6 Å². The van der Waals surface area contributed by atoms with Gasteiger partial charge in [-0.3, -0.25) is 14.5 Å². The number of benzene rings is 2. The van der Waals surface area contributed by atoms with Crippen LogP contribution < -0.4 is 15.0 Å². The van der Waals surface area contributed by atoms with Crippen molar-refractivity contribution in [1.29, 1.82) is 0 Å². The predicted molar refractivity (Wildman–Crippen MR) is 102 cm³/mol. The highest BCUT2D eigenvalue weighted by Crippen LogP contribution is 2.31. The second-order valence-corrected chi connectivity index (χ2v) is 6.39. The molecule has 3 aromatic rings. The van der Waals surface area contributed by atoms with Gasteiger partial charge in [-0.1, -0.05) is 24.3 Å². The van der Waals surface area contributed by atoms with E-state index in [1.165, 1.54) is 4.90 Å². The highest BCUT2D eigenvalue weighted by atomic mass is 16.5. The van der Waals surface area contributed by atoms with Crippen LogP contribution in [0.2, 0.25) is 0 Å². The van der Waals surface area contributed by atoms with E-state index in [9.17, 15) is 9.59 Å². The summed E-state index contributed by atoms with van der Waals surface area (Å²) in [7, 11) is 0. The lowest BCUT2D eigenvalue weighted by atomic mass is 10.2. The van der Waals surface area contributed by atoms with E-state index in [0.29, 0.717) is 24.5 Å². The largest absolute Gasteiger partial charge is 0.482 e. The number of anilines is 1. The monoisotopic (exact) mass is 364 g/mol. The highest BCUT2D eigenvalue weighted by molar-refractivity contribution is 6.02. The first-order chi connectivity index (χ1) is 13.1. The molecule has 0 saturated heterocycles. The Labute approximate surface area is 156 Å². The summed E-state index contributed by atoms with van der Waals surface area (Å²) in [6.07, 6.45) is 0. The SMILES string of the molecule is Cc1nc2ccccc2n1CCNC(=O)CN1C(=O)COc2ccccc21. The average molecular weight is 364 g/mol. The molecule has 0 unspecified atom stereocenters. The number of hydrogen-bond donors (Lipinski definition) is 1. The molecule has 2 heterocycles. The number of fused-ring (bicyclic) bond motifs is 2. The summed E-state index contributed by atoms with van der Waals surface area (Å²) in [4.78, 5) is 30.5. The van der Waals surface area contributed by atoms with Crippen LogP contribution in [-0.4, -0.2) is 41.1 Å². The number of nitrogens with zero attached hydrogens (tertiary/aromatic N) is 3. The predicted octanol–water partition coefficient (Wildman–Crippen LogP) is 1.89. The minimum atomic E-state index is -0.222. The molecule has 1 aliphatic rings. The maximum Gasteiger partial charge on any atom is 0.265 e. The molecule has 7 heteroatoms. The van der Waals surface area contributed by atoms with Crippen molar-refractivity contribution in [3.63, 3.8) is 0 Å². The molecule has 0 atom stereocenters. The topological polar surface area (TPSA) is 76.5 Å². The number of carbonyl (C=O) groups excluding carboxylic acids is 2. The van der Waals surface area contributed by atoms with E-state index in [1.54, 1.807) is 12.1 Å². The van der Waals surface area contributed by atoms with E-state index >= 15 is 0 Å². The molecule has 1 aliphatic heterocycles. The summed E-state index contributed by atoms with van der Waals surface area (Å²) in [5.41, 5.74) is 2.61. The van der Waals surface area contributed by atoms with Gasteiger partial charge in [0.15, 0.2) is 6.61 Å². The van der Waals surface area contributed by atoms with Gasteiger partial charge in [0.2, 0.25) is 5.91 Å². The number of carbonyl (C=O) groups is 2. The standard InChI is InChI=1S/C20H20N4O3/c1-14-22-15-6-2-3-7-16(15)23(14)11-10-21-19(25)12-24-17-8-4-5-9-18(17)27-13-20(24)26/h2-9H,10-13H2,1H3,(H,21,25). The van der Waals surface area contributed by atoms with Crippen molar-refractivity contribution in [3.8, 4) is 5.75 Å². The van der Waals surface area contributed by atoms with E-state index < -0.39 is 0 Å². The summed E-state index contributed by atoms with van der Waals surface area (Å²) in [5, 5.41) is 2.89. The summed E-state index contributed by atoms with van der Waals surface area (Å²) < 4.78 is 7.47. The second-order valence-electron chi connectivity index (χ2n) is 6.39. The zero-order valence-corrected chi connectivity index (χ0v) is 15.0. The molecule has 0 spiro atoms. The van der Waals surface area contributed by atoms with Gasteiger partial charge in [0.05, 0.1) is 16.7 Å². The Morgan fingerprint density at radius 1 is 1.19 bits per heavy atom. The van der Waals surface area contributed by atoms with Crippen molar-refractivity contribution in [2.45, 2.75) is 13.5 Å². The van der Waals surface area contributed by atoms with Crippen LogP contribution in [0.25, 0.3) is 11.0 Å². The molecule has 2 aromatic carbocycles. The number of aromatic nitrogens is 2. The fourth-order valence-corrected chi connectivity index (χ4v) is 3.31. The molecule has 0 aliphatic carbocycles. The summed E-state index contributed by atoms with van der Waals surface area (Å²) in [6, 6.07) is 15.1. The van der Waals surface area contributed by atoms with Crippen LogP contribution in [-0.2, 0) is 16.1 Å². The van der Waals surface area contributed by atoms with Crippen LogP contribution in [0.3, 0.4) is 0 Å². The Kier molecular flexibility index (Phi) is 4.50. The van der Waals surface area contributed by atoms with Gasteiger partial charge in [-0.15, -0.1) is 0 Å². The summed E-state index contributed by atoms with van der Waals surface area (Å²) in [5.74, 6) is 1.09. The van der Waals surface area contributed by atoms with E-state index in [1.807, 2.05) is 43.3 Å². The normalized spacial score (nSPS) is 13.4. The Balaban J connectivity index is 1.39. The molecule has 4 rings (SSSR count). The van der Waals surface area contributed by atoms with Gasteiger partial charge in [0, 0.05) is 13.1 Å². The van der Waals surface area contributed by atoms with E-state index in [4.69, 9.17) is 4.74 Å². The third kappa shape index (κ3) is 3.36. The third-order valence-corrected chi connectivity index (χ3v) is 4.61. The molecule has 1 aromatic heterocycles. The first kappa shape index (κ1) is 17.1. The summed E-state index contributed by atoms with van der Waals surface area (Å²) >= 11 is 0. The Bertz CT molecular complexity index is 1010. The first-order valence-electron chi connectivity index (χ1n) is 8.84. The molecular weight excluding hydrogens is 344 g/mol. The van der Waals surface area contributed by atoms with Gasteiger partial charge in [0.25, 0.3) is 5.91 Å². The Morgan fingerprint density at radius 3 is 2.85 bits per heavy atom. The maximum absolute atomic E-state index is 12.4. The third-order valence-electron chi connectivity index (χ3n) is 4.61. The van der Waals surface area contributed by atoms with Crippen LogP contribution in [0.1, 0.15) is 5.82 Å². The van der Waals surface area contributed by atoms with Crippen molar-refractivity contribution in [1.82, 2.24) is 14.9 Å². The molecule has 2 amide bonds. The lowest BCUT2D eigenvalue weighted by Crippen LogP contribution is -2.45. The summed E-state index contributed by atoms with van der Waals surface area (Å²) in [6.45, 7) is 2.95. The van der Waals surface area contributed by atoms with Gasteiger partial charge in [-0.2, -0.15) is 0 Å². The minimum absolute atomic E-state index is 0.0249. The van der Waals surface area contributed by atoms with Crippen LogP contribution in [0.5, 0.6) is 5.75 Å². The Morgan fingerprint density at radius 2 is 1.96 bits per heavy atom. The van der Waals surface area contributed by atoms with Crippen LogP contribution in [0, 0.1) is 6.92 Å². The van der Waals surface area contributed by atoms with Crippen molar-refractivity contribution >= 4 is 28.5 Å². The number of aryl methyl sites for hydroxylation is 1. The fourth-order valence-electron chi connectivity index (χ4n) is 3.31. The first-order valence-corrected chi connectivity index (χ1v) is 8.84. The molecule has 27 heavy (non-hydrogen) atoms. The zero-order chi connectivity index (χ0) is 18.8. The van der Waals surface area contributed by atoms with Gasteiger partial charge in [-0.05, 0) is 31.2 Å². The molecule has 0 fully saturated rings. The molecule has 0 radical (unpaired) electrons. The molecular formula is C20H20N4O3. The molecule has 7 nitrogen and oxygen atoms in total. The Hall–Kier alpha value is -3.35. The van der Waals surface area contributed by atoms with E-state index in [2.05, 4.69) is 14.9 Å². The van der Waals surface area contributed by atoms with E-state index in [0.717, 1.165) is 16.9 Å². The van der Waals surface area contributed by atoms with Crippen LogP contribution in [0.15, 0.2) is 48.5 Å². The van der Waals surface area contributed by atoms with Gasteiger partial charge in [-0.25, -0.2) is 4.98 Å². The average Bonchev–Trinajstić information content (AvgIpc) is 2.99. The lowest BCUT2D eigenvalue weighted by Gasteiger charge is -2.28. The minimum Gasteiger partial charge on any atom is -0.482 e. The van der Waals surface area contributed by atoms with Gasteiger partial charge < -0.3 is 14.6 Å². The highest BCUT2D eigenvalue weighted by Gasteiger charge is 2.26. The lowest BCUT2D eigenvalue weighted by molar-refractivity contribution is -0.125. The van der Waals surface area contributed by atoms with Crippen LogP contribution >= 0.6 is 0 Å². The molecule has 1 N–H and O–H groups in total. The van der Waals surface area contributed by atoms with Crippen LogP contribution in [0.4, 0.5) is 5.69 Å². The number of rotatable bonds is 5. The number of nitrogens with one attached hydrogen (secondary N) is 1. The van der Waals surface area contributed by atoms with Gasteiger partial charge >= 0.3 is 0 Å². The smallest absolute Gasteiger partial charge is 0.265 e. The van der Waals surface area contributed by atoms with E-state index in [-0.39, 0.29) is 25.0 Å².